The van der Waals surface area contributed by atoms with Crippen LogP contribution in [0.4, 0.5) is 0 Å². The zero-order chi connectivity index (χ0) is 15.1. The van der Waals surface area contributed by atoms with Gasteiger partial charge in [0.2, 0.25) is 5.91 Å². The Balaban J connectivity index is 2.32. The second-order valence-corrected chi connectivity index (χ2v) is 6.92. The molecule has 0 unspecified atom stereocenters. The van der Waals surface area contributed by atoms with E-state index in [1.165, 1.54) is 19.5 Å². The lowest BCUT2D eigenvalue weighted by atomic mass is 10.1. The van der Waals surface area contributed by atoms with Gasteiger partial charge in [-0.05, 0) is 38.3 Å². The molecule has 0 aromatic carbocycles. The molecule has 4 heteroatoms. The predicted molar refractivity (Wildman–Crippen MR) is 84.8 cm³/mol. The molecule has 20 heavy (non-hydrogen) atoms. The maximum absolute atomic E-state index is 12.0. The second kappa shape index (κ2) is 8.63. The molecule has 1 heterocycles. The van der Waals surface area contributed by atoms with Crippen molar-refractivity contribution < 1.29 is 4.79 Å². The third-order valence-corrected chi connectivity index (χ3v) is 4.06. The van der Waals surface area contributed by atoms with Crippen LogP contribution in [0.25, 0.3) is 0 Å². The van der Waals surface area contributed by atoms with Gasteiger partial charge >= 0.3 is 0 Å². The second-order valence-electron chi connectivity index (χ2n) is 6.92. The van der Waals surface area contributed by atoms with E-state index < -0.39 is 0 Å². The predicted octanol–water partition coefficient (Wildman–Crippen LogP) is 1.81. The van der Waals surface area contributed by atoms with E-state index in [4.69, 9.17) is 0 Å². The molecule has 0 saturated carbocycles. The van der Waals surface area contributed by atoms with Gasteiger partial charge in [0.1, 0.15) is 0 Å². The maximum atomic E-state index is 12.0. The SMILES string of the molecule is CC(C)CN1CCCN(CC(=O)N[C@@H](C)C(C)C)CC1. The van der Waals surface area contributed by atoms with Crippen molar-refractivity contribution in [3.63, 3.8) is 0 Å². The Morgan fingerprint density at radius 3 is 2.20 bits per heavy atom. The number of nitrogens with zero attached hydrogens (tertiary/aromatic N) is 2. The third-order valence-electron chi connectivity index (χ3n) is 4.06. The van der Waals surface area contributed by atoms with E-state index in [0.717, 1.165) is 25.6 Å². The summed E-state index contributed by atoms with van der Waals surface area (Å²) in [5, 5.41) is 3.10. The summed E-state index contributed by atoms with van der Waals surface area (Å²) in [4.78, 5) is 16.9. The fraction of sp³-hybridized carbons (Fsp3) is 0.938. The maximum Gasteiger partial charge on any atom is 0.234 e. The first-order valence-corrected chi connectivity index (χ1v) is 8.12. The average Bonchev–Trinajstić information content (AvgIpc) is 2.54. The van der Waals surface area contributed by atoms with Gasteiger partial charge < -0.3 is 10.2 Å². The van der Waals surface area contributed by atoms with E-state index >= 15 is 0 Å². The van der Waals surface area contributed by atoms with Crippen molar-refractivity contribution in [1.82, 2.24) is 15.1 Å². The van der Waals surface area contributed by atoms with Gasteiger partial charge in [0.15, 0.2) is 0 Å². The largest absolute Gasteiger partial charge is 0.352 e. The van der Waals surface area contributed by atoms with Gasteiger partial charge in [-0.2, -0.15) is 0 Å². The molecule has 0 aromatic heterocycles. The molecule has 0 aliphatic carbocycles. The van der Waals surface area contributed by atoms with Gasteiger partial charge in [0.05, 0.1) is 6.54 Å². The summed E-state index contributed by atoms with van der Waals surface area (Å²) in [7, 11) is 0. The zero-order valence-corrected chi connectivity index (χ0v) is 14.0. The molecule has 1 amide bonds. The molecular weight excluding hydrogens is 250 g/mol. The molecule has 1 atom stereocenters. The minimum atomic E-state index is 0.170. The van der Waals surface area contributed by atoms with Crippen LogP contribution in [0.1, 0.15) is 41.0 Å². The van der Waals surface area contributed by atoms with Gasteiger partial charge in [-0.15, -0.1) is 0 Å². The molecule has 0 bridgehead atoms. The van der Waals surface area contributed by atoms with Crippen LogP contribution in [0.2, 0.25) is 0 Å². The number of carbonyl (C=O) groups is 1. The number of hydrogen-bond acceptors (Lipinski definition) is 3. The first-order valence-electron chi connectivity index (χ1n) is 8.12. The Morgan fingerprint density at radius 1 is 1.00 bits per heavy atom. The van der Waals surface area contributed by atoms with Crippen LogP contribution in [0.3, 0.4) is 0 Å². The van der Waals surface area contributed by atoms with Crippen molar-refractivity contribution in [3.8, 4) is 0 Å². The number of rotatable bonds is 6. The molecule has 1 aliphatic heterocycles. The summed E-state index contributed by atoms with van der Waals surface area (Å²) < 4.78 is 0. The zero-order valence-electron chi connectivity index (χ0n) is 14.0. The van der Waals surface area contributed by atoms with Crippen LogP contribution in [0, 0.1) is 11.8 Å². The van der Waals surface area contributed by atoms with Crippen LogP contribution < -0.4 is 5.32 Å². The summed E-state index contributed by atoms with van der Waals surface area (Å²) in [5.74, 6) is 1.38. The van der Waals surface area contributed by atoms with E-state index in [1.54, 1.807) is 0 Å². The number of hydrogen-bond donors (Lipinski definition) is 1. The number of amides is 1. The fourth-order valence-corrected chi connectivity index (χ4v) is 2.55. The molecule has 1 aliphatic rings. The monoisotopic (exact) mass is 283 g/mol. The highest BCUT2D eigenvalue weighted by Gasteiger charge is 2.18. The van der Waals surface area contributed by atoms with Crippen LogP contribution in [-0.2, 0) is 4.79 Å². The van der Waals surface area contributed by atoms with Crippen LogP contribution in [0.15, 0.2) is 0 Å². The van der Waals surface area contributed by atoms with Crippen molar-refractivity contribution in [1.29, 1.82) is 0 Å². The fourth-order valence-electron chi connectivity index (χ4n) is 2.55. The van der Waals surface area contributed by atoms with E-state index in [0.29, 0.717) is 12.5 Å². The highest BCUT2D eigenvalue weighted by molar-refractivity contribution is 5.78. The lowest BCUT2D eigenvalue weighted by Gasteiger charge is -2.24. The average molecular weight is 283 g/mol. The van der Waals surface area contributed by atoms with Crippen molar-refractivity contribution in [2.45, 2.75) is 47.1 Å². The quantitative estimate of drug-likeness (QED) is 0.807. The summed E-state index contributed by atoms with van der Waals surface area (Å²) in [6, 6.07) is 0.256. The Hall–Kier alpha value is -0.610. The molecule has 1 fully saturated rings. The molecular formula is C16H33N3O. The first-order chi connectivity index (χ1) is 9.38. The van der Waals surface area contributed by atoms with Crippen LogP contribution >= 0.6 is 0 Å². The van der Waals surface area contributed by atoms with Crippen LogP contribution in [0.5, 0.6) is 0 Å². The van der Waals surface area contributed by atoms with Crippen molar-refractivity contribution in [2.24, 2.45) is 11.8 Å². The molecule has 1 N–H and O–H groups in total. The smallest absolute Gasteiger partial charge is 0.234 e. The summed E-state index contributed by atoms with van der Waals surface area (Å²) >= 11 is 0. The molecule has 118 valence electrons. The Morgan fingerprint density at radius 2 is 1.60 bits per heavy atom. The van der Waals surface area contributed by atoms with Crippen molar-refractivity contribution in [2.75, 3.05) is 39.3 Å². The van der Waals surface area contributed by atoms with Crippen LogP contribution in [-0.4, -0.2) is 61.0 Å². The van der Waals surface area contributed by atoms with Crippen molar-refractivity contribution >= 4 is 5.91 Å². The minimum absolute atomic E-state index is 0.170. The highest BCUT2D eigenvalue weighted by atomic mass is 16.2. The molecule has 0 spiro atoms. The summed E-state index contributed by atoms with van der Waals surface area (Å²) in [6.45, 7) is 16.9. The normalized spacial score (nSPS) is 20.1. The number of carbonyl (C=O) groups excluding carboxylic acids is 1. The van der Waals surface area contributed by atoms with Gasteiger partial charge in [-0.1, -0.05) is 27.7 Å². The summed E-state index contributed by atoms with van der Waals surface area (Å²) in [6.07, 6.45) is 1.17. The van der Waals surface area contributed by atoms with E-state index in [1.807, 2.05) is 0 Å². The third kappa shape index (κ3) is 6.71. The van der Waals surface area contributed by atoms with Gasteiger partial charge in [-0.3, -0.25) is 9.69 Å². The van der Waals surface area contributed by atoms with E-state index in [2.05, 4.69) is 49.7 Å². The van der Waals surface area contributed by atoms with Gasteiger partial charge in [0.25, 0.3) is 0 Å². The van der Waals surface area contributed by atoms with E-state index in [9.17, 15) is 4.79 Å². The van der Waals surface area contributed by atoms with Gasteiger partial charge in [0, 0.05) is 25.7 Å². The highest BCUT2D eigenvalue weighted by Crippen LogP contribution is 2.06. The van der Waals surface area contributed by atoms with Crippen molar-refractivity contribution in [3.05, 3.63) is 0 Å². The molecule has 0 radical (unpaired) electrons. The number of nitrogens with one attached hydrogen (secondary N) is 1. The van der Waals surface area contributed by atoms with E-state index in [-0.39, 0.29) is 11.9 Å². The van der Waals surface area contributed by atoms with Gasteiger partial charge in [-0.25, -0.2) is 0 Å². The summed E-state index contributed by atoms with van der Waals surface area (Å²) in [5.41, 5.74) is 0. The Bertz CT molecular complexity index is 291. The molecule has 1 saturated heterocycles. The molecule has 0 aromatic rings. The topological polar surface area (TPSA) is 35.6 Å². The molecule has 4 nitrogen and oxygen atoms in total. The minimum Gasteiger partial charge on any atom is -0.352 e. The first kappa shape index (κ1) is 17.4. The standard InChI is InChI=1S/C16H33N3O/c1-13(2)11-18-7-6-8-19(10-9-18)12-16(20)17-15(5)14(3)4/h13-15H,6-12H2,1-5H3,(H,17,20)/t15-/m0/s1. The Kier molecular flexibility index (Phi) is 7.52. The molecule has 1 rings (SSSR count). The lowest BCUT2D eigenvalue weighted by molar-refractivity contribution is -0.123. The Labute approximate surface area is 124 Å². The lowest BCUT2D eigenvalue weighted by Crippen LogP contribution is -2.43.